The van der Waals surface area contributed by atoms with E-state index < -0.39 is 41.7 Å². The minimum atomic E-state index is -2.75. The summed E-state index contributed by atoms with van der Waals surface area (Å²) in [5.74, 6) is -7.01. The van der Waals surface area contributed by atoms with Crippen molar-refractivity contribution in [2.45, 2.75) is 95.2 Å². The van der Waals surface area contributed by atoms with Gasteiger partial charge >= 0.3 is 0 Å². The topological polar surface area (TPSA) is 130 Å². The molecule has 2 aliphatic rings. The Hall–Kier alpha value is -4.02. The van der Waals surface area contributed by atoms with Crippen LogP contribution in [0.4, 0.5) is 17.6 Å². The molecule has 2 fully saturated rings. The lowest BCUT2D eigenvalue weighted by atomic mass is 9.79. The number of imidazole rings is 1. The van der Waals surface area contributed by atoms with Gasteiger partial charge in [0.15, 0.2) is 5.65 Å². The average molecular weight is 603 g/mol. The van der Waals surface area contributed by atoms with Gasteiger partial charge < -0.3 is 10.6 Å². The second-order valence-electron chi connectivity index (χ2n) is 12.0. The summed E-state index contributed by atoms with van der Waals surface area (Å²) >= 11 is 0. The van der Waals surface area contributed by atoms with E-state index in [-0.39, 0.29) is 63.3 Å². The lowest BCUT2D eigenvalue weighted by Gasteiger charge is -2.34. The summed E-state index contributed by atoms with van der Waals surface area (Å²) in [6, 6.07) is 3.79. The minimum Gasteiger partial charge on any atom is -0.348 e. The Labute approximate surface area is 245 Å². The molecule has 0 bridgehead atoms. The predicted molar refractivity (Wildman–Crippen MR) is 146 cm³/mol. The molecule has 14 heteroatoms. The largest absolute Gasteiger partial charge is 0.348 e. The van der Waals surface area contributed by atoms with Gasteiger partial charge in [0.25, 0.3) is 5.91 Å². The number of fused-ring (bicyclic) bond motifs is 1. The van der Waals surface area contributed by atoms with Crippen LogP contribution >= 0.6 is 0 Å². The molecule has 5 rings (SSSR count). The van der Waals surface area contributed by atoms with E-state index in [2.05, 4.69) is 25.8 Å². The van der Waals surface area contributed by atoms with E-state index in [1.165, 1.54) is 16.9 Å². The monoisotopic (exact) mass is 602 g/mol. The summed E-state index contributed by atoms with van der Waals surface area (Å²) in [7, 11) is 0. The lowest BCUT2D eigenvalue weighted by molar-refractivity contribution is -0.134. The molecule has 0 aromatic carbocycles. The first-order valence-electron chi connectivity index (χ1n) is 14.5. The summed E-state index contributed by atoms with van der Waals surface area (Å²) < 4.78 is 57.5. The number of halogens is 4. The average Bonchev–Trinajstić information content (AvgIpc) is 3.58. The number of alkyl halides is 4. The highest BCUT2D eigenvalue weighted by Gasteiger charge is 2.46. The smallest absolute Gasteiger partial charge is 0.270 e. The second kappa shape index (κ2) is 11.9. The van der Waals surface area contributed by atoms with Gasteiger partial charge in [0.1, 0.15) is 5.69 Å². The van der Waals surface area contributed by atoms with Gasteiger partial charge in [-0.05, 0) is 56.2 Å². The molecule has 10 nitrogen and oxygen atoms in total. The van der Waals surface area contributed by atoms with Crippen LogP contribution in [-0.2, 0) is 4.79 Å². The van der Waals surface area contributed by atoms with Gasteiger partial charge in [0, 0.05) is 44.3 Å². The first kappa shape index (κ1) is 30.4. The standard InChI is InChI=1S/C29H34F4N8O2/c1-17(2)41-23(6-10-35-41)27(43)39-26(19-3-7-28(30,31)8-4-19)22-16-40-24(37-22)12-20(15-36-40)21(5-9-34)38-25(42)11-18-13-29(32,33)14-18/h6,10,12,15-19,21,26H,3-5,7-8,11,13-14H2,1-2H3,(H,38,42)(H,39,43)/t21-,26+/m1/s1. The van der Waals surface area contributed by atoms with Gasteiger partial charge in [0.05, 0.1) is 42.7 Å². The number of nitrogens with zero attached hydrogens (tertiary/aromatic N) is 6. The summed E-state index contributed by atoms with van der Waals surface area (Å²) in [4.78, 5) is 30.6. The van der Waals surface area contributed by atoms with Crippen LogP contribution in [-0.4, -0.2) is 48.0 Å². The van der Waals surface area contributed by atoms with E-state index in [0.29, 0.717) is 22.6 Å². The zero-order valence-electron chi connectivity index (χ0n) is 23.9. The third kappa shape index (κ3) is 6.97. The van der Waals surface area contributed by atoms with Crippen LogP contribution in [0.25, 0.3) is 5.65 Å². The van der Waals surface area contributed by atoms with Crippen molar-refractivity contribution in [1.82, 2.24) is 35.0 Å². The highest BCUT2D eigenvalue weighted by atomic mass is 19.3. The van der Waals surface area contributed by atoms with Crippen LogP contribution in [0.15, 0.2) is 30.7 Å². The number of carbonyl (C=O) groups excluding carboxylic acids is 2. The van der Waals surface area contributed by atoms with Crippen LogP contribution in [0.3, 0.4) is 0 Å². The van der Waals surface area contributed by atoms with Gasteiger partial charge in [-0.1, -0.05) is 0 Å². The van der Waals surface area contributed by atoms with E-state index in [1.807, 2.05) is 19.9 Å². The Kier molecular flexibility index (Phi) is 8.45. The molecule has 0 unspecified atom stereocenters. The lowest BCUT2D eigenvalue weighted by Crippen LogP contribution is -2.39. The summed E-state index contributed by atoms with van der Waals surface area (Å²) in [5, 5.41) is 23.7. The predicted octanol–water partition coefficient (Wildman–Crippen LogP) is 5.31. The normalized spacial score (nSPS) is 19.9. The highest BCUT2D eigenvalue weighted by Crippen LogP contribution is 2.44. The molecule has 43 heavy (non-hydrogen) atoms. The van der Waals surface area contributed by atoms with Crippen LogP contribution in [0.2, 0.25) is 0 Å². The molecule has 3 aromatic rings. The second-order valence-corrected chi connectivity index (χ2v) is 12.0. The van der Waals surface area contributed by atoms with Crippen molar-refractivity contribution < 1.29 is 27.2 Å². The van der Waals surface area contributed by atoms with Crippen molar-refractivity contribution in [3.05, 3.63) is 47.7 Å². The molecular weight excluding hydrogens is 568 g/mol. The third-order valence-electron chi connectivity index (χ3n) is 8.27. The maximum atomic E-state index is 14.0. The number of hydrogen-bond acceptors (Lipinski definition) is 6. The summed E-state index contributed by atoms with van der Waals surface area (Å²) in [5.41, 5.74) is 1.65. The fraction of sp³-hybridized carbons (Fsp3) is 0.586. The van der Waals surface area contributed by atoms with Gasteiger partial charge in [-0.25, -0.2) is 27.1 Å². The Morgan fingerprint density at radius 1 is 1.12 bits per heavy atom. The zero-order valence-corrected chi connectivity index (χ0v) is 23.9. The fourth-order valence-electron chi connectivity index (χ4n) is 5.99. The summed E-state index contributed by atoms with van der Waals surface area (Å²) in [6.45, 7) is 3.79. The molecule has 0 saturated heterocycles. The first-order valence-corrected chi connectivity index (χ1v) is 14.5. The number of rotatable bonds is 10. The molecular formula is C29H34F4N8O2. The number of amides is 2. The van der Waals surface area contributed by atoms with Crippen LogP contribution < -0.4 is 10.6 Å². The molecule has 0 aliphatic heterocycles. The van der Waals surface area contributed by atoms with Gasteiger partial charge in [-0.3, -0.25) is 14.3 Å². The first-order chi connectivity index (χ1) is 20.3. The van der Waals surface area contributed by atoms with Crippen molar-refractivity contribution in [1.29, 1.82) is 5.26 Å². The van der Waals surface area contributed by atoms with Crippen molar-refractivity contribution in [2.24, 2.45) is 11.8 Å². The Balaban J connectivity index is 1.38. The molecule has 2 N–H and O–H groups in total. The molecule has 3 aromatic heterocycles. The molecule has 3 heterocycles. The van der Waals surface area contributed by atoms with E-state index in [4.69, 9.17) is 0 Å². The van der Waals surface area contributed by atoms with E-state index in [9.17, 15) is 32.4 Å². The minimum absolute atomic E-state index is 0.0573. The van der Waals surface area contributed by atoms with Crippen molar-refractivity contribution in [2.75, 3.05) is 0 Å². The number of hydrogen-bond donors (Lipinski definition) is 2. The van der Waals surface area contributed by atoms with Crippen LogP contribution in [0.1, 0.15) is 105 Å². The molecule has 0 radical (unpaired) electrons. The van der Waals surface area contributed by atoms with Crippen molar-refractivity contribution in [3.8, 4) is 6.07 Å². The van der Waals surface area contributed by atoms with E-state index in [1.54, 1.807) is 23.0 Å². The molecule has 2 atom stereocenters. The SMILES string of the molecule is CC(C)n1nccc1C(=O)N[C@H](c1cn2ncc([C@@H](CC#N)NC(=O)CC3CC(F)(F)C3)cc2n1)C1CCC(F)(F)CC1. The molecule has 0 spiro atoms. The molecule has 230 valence electrons. The van der Waals surface area contributed by atoms with E-state index >= 15 is 0 Å². The Morgan fingerprint density at radius 2 is 1.84 bits per heavy atom. The number of nitriles is 1. The maximum Gasteiger partial charge on any atom is 0.270 e. The van der Waals surface area contributed by atoms with Crippen molar-refractivity contribution >= 4 is 17.5 Å². The number of nitrogens with one attached hydrogen (secondary N) is 2. The molecule has 2 aliphatic carbocycles. The zero-order chi connectivity index (χ0) is 30.9. The van der Waals surface area contributed by atoms with Crippen molar-refractivity contribution in [3.63, 3.8) is 0 Å². The summed E-state index contributed by atoms with van der Waals surface area (Å²) in [6.07, 6.45) is 3.64. The quantitative estimate of drug-likeness (QED) is 0.303. The molecule has 2 saturated carbocycles. The number of aromatic nitrogens is 5. The molecule has 2 amide bonds. The van der Waals surface area contributed by atoms with Gasteiger partial charge in [-0.2, -0.15) is 15.5 Å². The van der Waals surface area contributed by atoms with Crippen LogP contribution in [0.5, 0.6) is 0 Å². The third-order valence-corrected chi connectivity index (χ3v) is 8.27. The Morgan fingerprint density at radius 3 is 2.49 bits per heavy atom. The van der Waals surface area contributed by atoms with Gasteiger partial charge in [-0.15, -0.1) is 0 Å². The highest BCUT2D eigenvalue weighted by molar-refractivity contribution is 5.92. The van der Waals surface area contributed by atoms with Gasteiger partial charge in [0.2, 0.25) is 17.8 Å². The maximum absolute atomic E-state index is 14.0. The number of carbonyl (C=O) groups is 2. The van der Waals surface area contributed by atoms with Crippen LogP contribution in [0, 0.1) is 23.2 Å². The fourth-order valence-corrected chi connectivity index (χ4v) is 5.99. The Bertz CT molecular complexity index is 1510. The van der Waals surface area contributed by atoms with E-state index in [0.717, 1.165) is 0 Å².